The molecule has 2 N–H and O–H groups in total. The molecular formula is C18H20N2. The average molecular weight is 264 g/mol. The van der Waals surface area contributed by atoms with Gasteiger partial charge in [-0.05, 0) is 35.2 Å². The van der Waals surface area contributed by atoms with Crippen LogP contribution in [0.4, 0.5) is 5.69 Å². The molecule has 0 amide bonds. The van der Waals surface area contributed by atoms with E-state index in [1.165, 1.54) is 16.6 Å². The van der Waals surface area contributed by atoms with E-state index in [0.29, 0.717) is 5.92 Å². The van der Waals surface area contributed by atoms with Crippen LogP contribution in [0.5, 0.6) is 0 Å². The zero-order valence-electron chi connectivity index (χ0n) is 12.0. The van der Waals surface area contributed by atoms with Crippen LogP contribution in [0.3, 0.4) is 0 Å². The highest BCUT2D eigenvalue weighted by Gasteiger charge is 2.04. The molecule has 0 saturated heterocycles. The molecule has 0 unspecified atom stereocenters. The van der Waals surface area contributed by atoms with Crippen LogP contribution >= 0.6 is 0 Å². The van der Waals surface area contributed by atoms with Gasteiger partial charge in [0.2, 0.25) is 0 Å². The molecule has 102 valence electrons. The van der Waals surface area contributed by atoms with Gasteiger partial charge in [-0.2, -0.15) is 0 Å². The van der Waals surface area contributed by atoms with Crippen LogP contribution in [0, 0.1) is 0 Å². The number of aromatic nitrogens is 1. The summed E-state index contributed by atoms with van der Waals surface area (Å²) in [4.78, 5) is 0. The van der Waals surface area contributed by atoms with Crippen LogP contribution < -0.4 is 5.73 Å². The van der Waals surface area contributed by atoms with Crippen molar-refractivity contribution in [1.29, 1.82) is 0 Å². The predicted octanol–water partition coefficient (Wildman–Crippen LogP) is 4.40. The summed E-state index contributed by atoms with van der Waals surface area (Å²) < 4.78 is 2.25. The van der Waals surface area contributed by atoms with Gasteiger partial charge in [-0.15, -0.1) is 0 Å². The molecule has 0 radical (unpaired) electrons. The molecule has 0 fully saturated rings. The van der Waals surface area contributed by atoms with Crippen molar-refractivity contribution in [3.63, 3.8) is 0 Å². The van der Waals surface area contributed by atoms with Gasteiger partial charge >= 0.3 is 0 Å². The number of rotatable bonds is 3. The average Bonchev–Trinajstić information content (AvgIpc) is 2.84. The van der Waals surface area contributed by atoms with Crippen molar-refractivity contribution in [3.05, 3.63) is 65.9 Å². The Kier molecular flexibility index (Phi) is 3.23. The highest BCUT2D eigenvalue weighted by atomic mass is 15.0. The largest absolute Gasteiger partial charge is 0.398 e. The number of hydrogen-bond donors (Lipinski definition) is 1. The fourth-order valence-corrected chi connectivity index (χ4v) is 2.59. The zero-order chi connectivity index (χ0) is 14.1. The first-order chi connectivity index (χ1) is 9.65. The smallest absolute Gasteiger partial charge is 0.0504 e. The molecule has 3 rings (SSSR count). The molecule has 1 heterocycles. The zero-order valence-corrected chi connectivity index (χ0v) is 12.0. The van der Waals surface area contributed by atoms with E-state index in [1.807, 2.05) is 12.1 Å². The Morgan fingerprint density at radius 1 is 1.00 bits per heavy atom. The van der Waals surface area contributed by atoms with Gasteiger partial charge in [-0.25, -0.2) is 0 Å². The van der Waals surface area contributed by atoms with E-state index in [4.69, 9.17) is 5.73 Å². The first-order valence-electron chi connectivity index (χ1n) is 7.07. The minimum atomic E-state index is 0.580. The lowest BCUT2D eigenvalue weighted by Gasteiger charge is -2.09. The number of anilines is 1. The lowest BCUT2D eigenvalue weighted by molar-refractivity contribution is 0.829. The Morgan fingerprint density at radius 2 is 1.75 bits per heavy atom. The third-order valence-electron chi connectivity index (χ3n) is 3.85. The van der Waals surface area contributed by atoms with Gasteiger partial charge in [0.05, 0.1) is 5.52 Å². The fourth-order valence-electron chi connectivity index (χ4n) is 2.59. The monoisotopic (exact) mass is 264 g/mol. The molecule has 0 saturated carbocycles. The topological polar surface area (TPSA) is 30.9 Å². The molecule has 2 heteroatoms. The summed E-state index contributed by atoms with van der Waals surface area (Å²) in [6, 6.07) is 17.0. The summed E-state index contributed by atoms with van der Waals surface area (Å²) in [6.45, 7) is 5.32. The molecular weight excluding hydrogens is 244 g/mol. The third kappa shape index (κ3) is 2.29. The first kappa shape index (κ1) is 12.8. The lowest BCUT2D eigenvalue weighted by atomic mass is 10.0. The molecule has 1 aromatic heterocycles. The summed E-state index contributed by atoms with van der Waals surface area (Å²) in [5.41, 5.74) is 10.7. The minimum absolute atomic E-state index is 0.580. The van der Waals surface area contributed by atoms with Crippen LogP contribution in [0.15, 0.2) is 54.7 Å². The molecule has 20 heavy (non-hydrogen) atoms. The summed E-state index contributed by atoms with van der Waals surface area (Å²) in [5, 5.41) is 1.13. The van der Waals surface area contributed by atoms with Crippen molar-refractivity contribution < 1.29 is 0 Å². The second-order valence-electron chi connectivity index (χ2n) is 5.62. The predicted molar refractivity (Wildman–Crippen MR) is 86.0 cm³/mol. The second-order valence-corrected chi connectivity index (χ2v) is 5.62. The Labute approximate surface area is 119 Å². The number of nitrogens with zero attached hydrogens (tertiary/aromatic N) is 1. The highest BCUT2D eigenvalue weighted by molar-refractivity contribution is 5.91. The van der Waals surface area contributed by atoms with Gasteiger partial charge in [0, 0.05) is 23.8 Å². The third-order valence-corrected chi connectivity index (χ3v) is 3.85. The van der Waals surface area contributed by atoms with E-state index < -0.39 is 0 Å². The molecule has 2 aromatic carbocycles. The SMILES string of the molecule is CC(C)c1ccc(Cn2ccc3c(N)cccc32)cc1. The van der Waals surface area contributed by atoms with Crippen molar-refractivity contribution in [2.75, 3.05) is 5.73 Å². The molecule has 0 aliphatic carbocycles. The van der Waals surface area contributed by atoms with Crippen molar-refractivity contribution in [2.24, 2.45) is 0 Å². The minimum Gasteiger partial charge on any atom is -0.398 e. The van der Waals surface area contributed by atoms with Gasteiger partial charge in [0.25, 0.3) is 0 Å². The molecule has 2 nitrogen and oxygen atoms in total. The van der Waals surface area contributed by atoms with Gasteiger partial charge in [0.1, 0.15) is 0 Å². The second kappa shape index (κ2) is 5.04. The Morgan fingerprint density at radius 3 is 2.45 bits per heavy atom. The maximum Gasteiger partial charge on any atom is 0.0504 e. The Bertz CT molecular complexity index is 721. The summed E-state index contributed by atoms with van der Waals surface area (Å²) in [5.74, 6) is 0.580. The maximum absolute atomic E-state index is 6.00. The van der Waals surface area contributed by atoms with E-state index in [9.17, 15) is 0 Å². The summed E-state index contributed by atoms with van der Waals surface area (Å²) >= 11 is 0. The van der Waals surface area contributed by atoms with E-state index in [0.717, 1.165) is 17.6 Å². The summed E-state index contributed by atoms with van der Waals surface area (Å²) in [7, 11) is 0. The van der Waals surface area contributed by atoms with Crippen LogP contribution in [0.25, 0.3) is 10.9 Å². The van der Waals surface area contributed by atoms with E-state index in [2.05, 4.69) is 61.0 Å². The van der Waals surface area contributed by atoms with Crippen molar-refractivity contribution in [2.45, 2.75) is 26.3 Å². The van der Waals surface area contributed by atoms with E-state index >= 15 is 0 Å². The number of fused-ring (bicyclic) bond motifs is 1. The quantitative estimate of drug-likeness (QED) is 0.699. The standard InChI is InChI=1S/C18H20N2/c1-13(2)15-8-6-14(7-9-15)12-20-11-10-16-17(19)4-3-5-18(16)20/h3-11,13H,12,19H2,1-2H3. The Balaban J connectivity index is 1.91. The molecule has 0 bridgehead atoms. The molecule has 0 aliphatic heterocycles. The van der Waals surface area contributed by atoms with E-state index in [1.54, 1.807) is 0 Å². The molecule has 0 atom stereocenters. The number of nitrogens with two attached hydrogens (primary N) is 1. The van der Waals surface area contributed by atoms with Crippen molar-refractivity contribution in [1.82, 2.24) is 4.57 Å². The van der Waals surface area contributed by atoms with E-state index in [-0.39, 0.29) is 0 Å². The maximum atomic E-state index is 6.00. The van der Waals surface area contributed by atoms with Gasteiger partial charge in [0.15, 0.2) is 0 Å². The van der Waals surface area contributed by atoms with Gasteiger partial charge < -0.3 is 10.3 Å². The number of benzene rings is 2. The molecule has 0 aliphatic rings. The van der Waals surface area contributed by atoms with Crippen molar-refractivity contribution >= 4 is 16.6 Å². The van der Waals surface area contributed by atoms with Crippen LogP contribution in [-0.2, 0) is 6.54 Å². The van der Waals surface area contributed by atoms with Gasteiger partial charge in [-0.1, -0.05) is 44.2 Å². The first-order valence-corrected chi connectivity index (χ1v) is 7.07. The Hall–Kier alpha value is -2.22. The molecule has 0 spiro atoms. The summed E-state index contributed by atoms with van der Waals surface area (Å²) in [6.07, 6.45) is 2.11. The molecule has 3 aromatic rings. The fraction of sp³-hybridized carbons (Fsp3) is 0.222. The highest BCUT2D eigenvalue weighted by Crippen LogP contribution is 2.23. The van der Waals surface area contributed by atoms with Crippen molar-refractivity contribution in [3.8, 4) is 0 Å². The van der Waals surface area contributed by atoms with Crippen LogP contribution in [-0.4, -0.2) is 4.57 Å². The van der Waals surface area contributed by atoms with Gasteiger partial charge in [-0.3, -0.25) is 0 Å². The van der Waals surface area contributed by atoms with Crippen LogP contribution in [0.1, 0.15) is 30.9 Å². The number of hydrogen-bond acceptors (Lipinski definition) is 1. The lowest BCUT2D eigenvalue weighted by Crippen LogP contribution is -1.98. The van der Waals surface area contributed by atoms with Crippen LogP contribution in [0.2, 0.25) is 0 Å². The number of nitrogen functional groups attached to an aromatic ring is 1. The normalized spacial score (nSPS) is 11.3.